The highest BCUT2D eigenvalue weighted by Crippen LogP contribution is 2.25. The normalized spacial score (nSPS) is 10.5. The van der Waals surface area contributed by atoms with E-state index in [1.165, 1.54) is 11.3 Å². The summed E-state index contributed by atoms with van der Waals surface area (Å²) in [5.41, 5.74) is 1.03. The Bertz CT molecular complexity index is 824. The molecule has 0 bridgehead atoms. The summed E-state index contributed by atoms with van der Waals surface area (Å²) in [4.78, 5) is 26.3. The van der Waals surface area contributed by atoms with Gasteiger partial charge < -0.3 is 9.64 Å². The third kappa shape index (κ3) is 3.81. The number of carbonyl (C=O) groups excluding carboxylic acids is 2. The molecule has 0 fully saturated rings. The summed E-state index contributed by atoms with van der Waals surface area (Å²) in [5, 5.41) is 1.00. The van der Waals surface area contributed by atoms with Crippen LogP contribution >= 0.6 is 11.3 Å². The van der Waals surface area contributed by atoms with E-state index in [1.54, 1.807) is 18.0 Å². The number of nitrogens with zero attached hydrogens (tertiary/aromatic N) is 1. The molecule has 0 aliphatic rings. The number of ether oxygens (including phenoxy) is 1. The van der Waals surface area contributed by atoms with Crippen LogP contribution in [0.2, 0.25) is 0 Å². The number of thiophene rings is 1. The Kier molecular flexibility index (Phi) is 4.91. The minimum atomic E-state index is -0.460. The Morgan fingerprint density at radius 2 is 1.75 bits per heavy atom. The van der Waals surface area contributed by atoms with E-state index in [0.717, 1.165) is 15.6 Å². The second kappa shape index (κ2) is 7.27. The van der Waals surface area contributed by atoms with E-state index in [4.69, 9.17) is 4.74 Å². The van der Waals surface area contributed by atoms with E-state index in [-0.39, 0.29) is 12.5 Å². The van der Waals surface area contributed by atoms with Gasteiger partial charge in [0.1, 0.15) is 4.88 Å². The van der Waals surface area contributed by atoms with Crippen molar-refractivity contribution in [2.45, 2.75) is 6.54 Å². The summed E-state index contributed by atoms with van der Waals surface area (Å²) in [6, 6.07) is 19.2. The second-order valence-electron chi connectivity index (χ2n) is 5.46. The summed E-state index contributed by atoms with van der Waals surface area (Å²) in [7, 11) is 1.70. The third-order valence-corrected chi connectivity index (χ3v) is 4.74. The largest absolute Gasteiger partial charge is 0.451 e. The molecule has 122 valence electrons. The SMILES string of the molecule is CN(Cc1ccccc1)C(=O)COC(=O)c1cc2ccccc2s1. The summed E-state index contributed by atoms with van der Waals surface area (Å²) in [6.07, 6.45) is 0. The van der Waals surface area contributed by atoms with E-state index < -0.39 is 5.97 Å². The molecule has 0 unspecified atom stereocenters. The molecule has 2 aromatic carbocycles. The van der Waals surface area contributed by atoms with E-state index >= 15 is 0 Å². The zero-order chi connectivity index (χ0) is 16.9. The molecule has 24 heavy (non-hydrogen) atoms. The van der Waals surface area contributed by atoms with Gasteiger partial charge in [-0.2, -0.15) is 0 Å². The summed E-state index contributed by atoms with van der Waals surface area (Å²) in [6.45, 7) is 0.233. The van der Waals surface area contributed by atoms with Gasteiger partial charge in [0.15, 0.2) is 6.61 Å². The monoisotopic (exact) mass is 339 g/mol. The Hall–Kier alpha value is -2.66. The van der Waals surface area contributed by atoms with E-state index in [9.17, 15) is 9.59 Å². The molecule has 0 saturated heterocycles. The highest BCUT2D eigenvalue weighted by Gasteiger charge is 2.15. The van der Waals surface area contributed by atoms with Crippen molar-refractivity contribution >= 4 is 33.3 Å². The first-order valence-corrected chi connectivity index (χ1v) is 8.39. The number of fused-ring (bicyclic) bond motifs is 1. The van der Waals surface area contributed by atoms with Crippen molar-refractivity contribution in [2.24, 2.45) is 0 Å². The fraction of sp³-hybridized carbons (Fsp3) is 0.158. The lowest BCUT2D eigenvalue weighted by atomic mass is 10.2. The van der Waals surface area contributed by atoms with E-state index in [0.29, 0.717) is 11.4 Å². The maximum absolute atomic E-state index is 12.1. The molecular formula is C19H17NO3S. The number of benzene rings is 2. The number of carbonyl (C=O) groups is 2. The van der Waals surface area contributed by atoms with Crippen molar-refractivity contribution in [2.75, 3.05) is 13.7 Å². The van der Waals surface area contributed by atoms with Crippen molar-refractivity contribution in [1.82, 2.24) is 4.90 Å². The predicted octanol–water partition coefficient (Wildman–Crippen LogP) is 3.72. The van der Waals surface area contributed by atoms with E-state index in [2.05, 4.69) is 0 Å². The number of rotatable bonds is 5. The van der Waals surface area contributed by atoms with Crippen molar-refractivity contribution < 1.29 is 14.3 Å². The molecule has 0 N–H and O–H groups in total. The number of likely N-dealkylation sites (N-methyl/N-ethyl adjacent to an activating group) is 1. The number of esters is 1. The van der Waals surface area contributed by atoms with Crippen LogP contribution in [-0.2, 0) is 16.1 Å². The molecule has 5 heteroatoms. The average molecular weight is 339 g/mol. The van der Waals surface area contributed by atoms with Crippen LogP contribution in [0, 0.1) is 0 Å². The van der Waals surface area contributed by atoms with Gasteiger partial charge in [-0.25, -0.2) is 4.79 Å². The zero-order valence-electron chi connectivity index (χ0n) is 13.3. The van der Waals surface area contributed by atoms with Gasteiger partial charge in [0.05, 0.1) is 0 Å². The maximum Gasteiger partial charge on any atom is 0.348 e. The minimum Gasteiger partial charge on any atom is -0.451 e. The third-order valence-electron chi connectivity index (χ3n) is 3.64. The van der Waals surface area contributed by atoms with Crippen LogP contribution in [0.4, 0.5) is 0 Å². The molecule has 0 spiro atoms. The van der Waals surface area contributed by atoms with Crippen LogP contribution in [0.1, 0.15) is 15.2 Å². The minimum absolute atomic E-state index is 0.228. The first-order valence-electron chi connectivity index (χ1n) is 7.57. The molecule has 0 aliphatic carbocycles. The lowest BCUT2D eigenvalue weighted by molar-refractivity contribution is -0.133. The summed E-state index contributed by atoms with van der Waals surface area (Å²) in [5.74, 6) is -0.689. The van der Waals surface area contributed by atoms with Crippen molar-refractivity contribution in [3.63, 3.8) is 0 Å². The van der Waals surface area contributed by atoms with Crippen LogP contribution in [0.15, 0.2) is 60.7 Å². The van der Waals surface area contributed by atoms with Gasteiger partial charge in [-0.3, -0.25) is 4.79 Å². The molecule has 0 saturated carbocycles. The standard InChI is InChI=1S/C19H17NO3S/c1-20(12-14-7-3-2-4-8-14)18(21)13-23-19(22)17-11-15-9-5-6-10-16(15)24-17/h2-11H,12-13H2,1H3. The lowest BCUT2D eigenvalue weighted by Gasteiger charge is -2.17. The predicted molar refractivity (Wildman–Crippen MR) is 95.0 cm³/mol. The van der Waals surface area contributed by atoms with E-state index in [1.807, 2.05) is 54.6 Å². The van der Waals surface area contributed by atoms with Crippen molar-refractivity contribution in [1.29, 1.82) is 0 Å². The molecule has 1 heterocycles. The van der Waals surface area contributed by atoms with Gasteiger partial charge >= 0.3 is 5.97 Å². The fourth-order valence-electron chi connectivity index (χ4n) is 2.34. The first-order chi connectivity index (χ1) is 11.6. The molecule has 3 rings (SSSR count). The van der Waals surface area contributed by atoms with Gasteiger partial charge in [-0.05, 0) is 23.1 Å². The smallest absolute Gasteiger partial charge is 0.348 e. The van der Waals surface area contributed by atoms with Crippen LogP contribution in [0.3, 0.4) is 0 Å². The molecule has 0 aliphatic heterocycles. The average Bonchev–Trinajstić information content (AvgIpc) is 3.04. The number of hydrogen-bond acceptors (Lipinski definition) is 4. The molecule has 3 aromatic rings. The zero-order valence-corrected chi connectivity index (χ0v) is 14.1. The Morgan fingerprint density at radius 3 is 2.50 bits per heavy atom. The van der Waals surface area contributed by atoms with Crippen LogP contribution in [0.25, 0.3) is 10.1 Å². The number of amides is 1. The molecular weight excluding hydrogens is 322 g/mol. The Labute approximate surface area is 144 Å². The van der Waals surface area contributed by atoms with Crippen LogP contribution in [-0.4, -0.2) is 30.4 Å². The molecule has 4 nitrogen and oxygen atoms in total. The Balaban J connectivity index is 1.56. The summed E-state index contributed by atoms with van der Waals surface area (Å²) < 4.78 is 6.18. The molecule has 1 amide bonds. The summed E-state index contributed by atoms with van der Waals surface area (Å²) >= 11 is 1.37. The maximum atomic E-state index is 12.1. The highest BCUT2D eigenvalue weighted by atomic mass is 32.1. The fourth-order valence-corrected chi connectivity index (χ4v) is 3.29. The van der Waals surface area contributed by atoms with Crippen molar-refractivity contribution in [3.8, 4) is 0 Å². The Morgan fingerprint density at radius 1 is 1.04 bits per heavy atom. The van der Waals surface area contributed by atoms with Gasteiger partial charge in [-0.15, -0.1) is 11.3 Å². The second-order valence-corrected chi connectivity index (χ2v) is 6.54. The van der Waals surface area contributed by atoms with Gasteiger partial charge in [0.2, 0.25) is 0 Å². The first kappa shape index (κ1) is 16.2. The van der Waals surface area contributed by atoms with Gasteiger partial charge in [0.25, 0.3) is 5.91 Å². The van der Waals surface area contributed by atoms with Crippen LogP contribution in [0.5, 0.6) is 0 Å². The topological polar surface area (TPSA) is 46.6 Å². The van der Waals surface area contributed by atoms with Crippen molar-refractivity contribution in [3.05, 3.63) is 71.1 Å². The lowest BCUT2D eigenvalue weighted by Crippen LogP contribution is -2.30. The van der Waals surface area contributed by atoms with Gasteiger partial charge in [-0.1, -0.05) is 48.5 Å². The molecule has 1 aromatic heterocycles. The molecule has 0 radical (unpaired) electrons. The van der Waals surface area contributed by atoms with Crippen LogP contribution < -0.4 is 0 Å². The van der Waals surface area contributed by atoms with Gasteiger partial charge in [0, 0.05) is 18.3 Å². The number of hydrogen-bond donors (Lipinski definition) is 0. The highest BCUT2D eigenvalue weighted by molar-refractivity contribution is 7.20. The quantitative estimate of drug-likeness (QED) is 0.666. The molecule has 0 atom stereocenters.